The van der Waals surface area contributed by atoms with E-state index < -0.39 is 4.92 Å². The van der Waals surface area contributed by atoms with Gasteiger partial charge < -0.3 is 20.5 Å². The quantitative estimate of drug-likeness (QED) is 0.653. The van der Waals surface area contributed by atoms with Crippen molar-refractivity contribution in [1.82, 2.24) is 9.38 Å². The third-order valence-electron chi connectivity index (χ3n) is 2.83. The van der Waals surface area contributed by atoms with Gasteiger partial charge in [0.2, 0.25) is 5.82 Å². The van der Waals surface area contributed by atoms with E-state index >= 15 is 0 Å². The summed E-state index contributed by atoms with van der Waals surface area (Å²) in [6.07, 6.45) is 2.31. The molecule has 0 fully saturated rings. The van der Waals surface area contributed by atoms with Crippen molar-refractivity contribution >= 4 is 27.9 Å². The minimum atomic E-state index is -0.458. The van der Waals surface area contributed by atoms with Gasteiger partial charge in [-0.1, -0.05) is 32.1 Å². The smallest absolute Gasteiger partial charge is 0.372 e. The van der Waals surface area contributed by atoms with E-state index in [0.29, 0.717) is 11.4 Å². The number of aliphatic hydroxyl groups excluding tert-OH is 1. The Bertz CT molecular complexity index is 614. The number of nitrogens with zero attached hydrogens (tertiary/aromatic N) is 3. The maximum atomic E-state index is 11.2. The van der Waals surface area contributed by atoms with Crippen LogP contribution in [0.2, 0.25) is 0 Å². The topological polar surface area (TPSA) is 92.7 Å². The average molecular weight is 298 g/mol. The summed E-state index contributed by atoms with van der Waals surface area (Å²) in [7, 11) is 0. The van der Waals surface area contributed by atoms with Gasteiger partial charge in [-0.2, -0.15) is 9.38 Å². The molecule has 20 heavy (non-hydrogen) atoms. The van der Waals surface area contributed by atoms with Crippen LogP contribution in [0.4, 0.5) is 11.6 Å². The number of nitro groups is 1. The van der Waals surface area contributed by atoms with E-state index in [9.17, 15) is 15.2 Å². The second kappa shape index (κ2) is 5.37. The molecule has 2 rings (SSSR count). The zero-order valence-corrected chi connectivity index (χ0v) is 12.5. The summed E-state index contributed by atoms with van der Waals surface area (Å²) in [6.45, 7) is 6.06. The van der Waals surface area contributed by atoms with E-state index in [0.717, 1.165) is 0 Å². The Kier molecular flexibility index (Phi) is 3.96. The lowest BCUT2D eigenvalue weighted by Gasteiger charge is -2.25. The van der Waals surface area contributed by atoms with E-state index in [4.69, 9.17) is 0 Å². The van der Waals surface area contributed by atoms with Gasteiger partial charge >= 0.3 is 5.82 Å². The number of anilines is 1. The van der Waals surface area contributed by atoms with Crippen LogP contribution in [-0.2, 0) is 0 Å². The van der Waals surface area contributed by atoms with Gasteiger partial charge in [0.1, 0.15) is 6.20 Å². The summed E-state index contributed by atoms with van der Waals surface area (Å²) < 4.78 is 1.44. The molecular formula is C12H18N4O3S. The standard InChI is InChI=1S/C12H18N4O3S/c1-12(2,3)6-8(7-17)13-9-10(16(18)19)15-4-5-20-11(15)14-9/h4-5,8,13,17H,6-7H2,1-3H3/t8-/m0/s1. The van der Waals surface area contributed by atoms with Crippen molar-refractivity contribution in [2.24, 2.45) is 5.41 Å². The summed E-state index contributed by atoms with van der Waals surface area (Å²) in [5, 5.41) is 25.4. The highest BCUT2D eigenvalue weighted by Gasteiger charge is 2.27. The minimum absolute atomic E-state index is 0.00624. The van der Waals surface area contributed by atoms with E-state index in [-0.39, 0.29) is 29.7 Å². The normalized spacial score (nSPS) is 13.6. The molecule has 0 aliphatic carbocycles. The molecule has 0 spiro atoms. The monoisotopic (exact) mass is 298 g/mol. The van der Waals surface area contributed by atoms with Crippen molar-refractivity contribution in [3.05, 3.63) is 21.7 Å². The Hall–Kier alpha value is -1.67. The van der Waals surface area contributed by atoms with E-state index in [1.807, 2.05) is 0 Å². The molecule has 0 radical (unpaired) electrons. The first-order valence-corrected chi connectivity index (χ1v) is 7.17. The second-order valence-corrected chi connectivity index (χ2v) is 6.76. The maximum Gasteiger partial charge on any atom is 0.372 e. The molecule has 1 atom stereocenters. The molecule has 0 aromatic carbocycles. The molecule has 0 saturated heterocycles. The fraction of sp³-hybridized carbons (Fsp3) is 0.583. The van der Waals surface area contributed by atoms with Crippen LogP contribution in [0.15, 0.2) is 11.6 Å². The second-order valence-electron chi connectivity index (χ2n) is 5.89. The largest absolute Gasteiger partial charge is 0.394 e. The molecule has 2 heterocycles. The zero-order chi connectivity index (χ0) is 14.9. The maximum absolute atomic E-state index is 11.2. The highest BCUT2D eigenvalue weighted by Crippen LogP contribution is 2.30. The van der Waals surface area contributed by atoms with Crippen LogP contribution in [0.25, 0.3) is 4.96 Å². The Morgan fingerprint density at radius 1 is 1.60 bits per heavy atom. The van der Waals surface area contributed by atoms with Gasteiger partial charge in [0.05, 0.1) is 12.6 Å². The molecule has 110 valence electrons. The van der Waals surface area contributed by atoms with Crippen molar-refractivity contribution < 1.29 is 10.0 Å². The summed E-state index contributed by atoms with van der Waals surface area (Å²) in [6, 6.07) is -0.265. The number of hydrogen-bond donors (Lipinski definition) is 2. The lowest BCUT2D eigenvalue weighted by Crippen LogP contribution is -2.29. The molecule has 2 aromatic heterocycles. The zero-order valence-electron chi connectivity index (χ0n) is 11.7. The van der Waals surface area contributed by atoms with Crippen molar-refractivity contribution in [2.75, 3.05) is 11.9 Å². The van der Waals surface area contributed by atoms with Crippen molar-refractivity contribution in [1.29, 1.82) is 0 Å². The fourth-order valence-electron chi connectivity index (χ4n) is 2.14. The first kappa shape index (κ1) is 14.7. The van der Waals surface area contributed by atoms with Gasteiger partial charge in [0.25, 0.3) is 4.96 Å². The summed E-state index contributed by atoms with van der Waals surface area (Å²) in [5.74, 6) is 0.124. The molecule has 0 aliphatic rings. The van der Waals surface area contributed by atoms with Crippen molar-refractivity contribution in [2.45, 2.75) is 33.2 Å². The van der Waals surface area contributed by atoms with Crippen LogP contribution < -0.4 is 5.32 Å². The van der Waals surface area contributed by atoms with Crippen LogP contribution in [-0.4, -0.2) is 32.1 Å². The fourth-order valence-corrected chi connectivity index (χ4v) is 2.85. The molecule has 7 nitrogen and oxygen atoms in total. The minimum Gasteiger partial charge on any atom is -0.394 e. The number of thiazole rings is 1. The molecule has 0 bridgehead atoms. The Labute approximate surface area is 120 Å². The third-order valence-corrected chi connectivity index (χ3v) is 3.59. The van der Waals surface area contributed by atoms with Gasteiger partial charge in [0, 0.05) is 5.38 Å². The first-order valence-electron chi connectivity index (χ1n) is 6.29. The third kappa shape index (κ3) is 3.07. The molecular weight excluding hydrogens is 280 g/mol. The molecule has 8 heteroatoms. The van der Waals surface area contributed by atoms with E-state index in [1.165, 1.54) is 15.7 Å². The predicted molar refractivity (Wildman–Crippen MR) is 78.3 cm³/mol. The number of hydrogen-bond acceptors (Lipinski definition) is 6. The Morgan fingerprint density at radius 2 is 2.30 bits per heavy atom. The lowest BCUT2D eigenvalue weighted by atomic mass is 9.88. The highest BCUT2D eigenvalue weighted by atomic mass is 32.1. The number of aromatic nitrogens is 2. The van der Waals surface area contributed by atoms with Gasteiger partial charge in [-0.25, -0.2) is 0 Å². The average Bonchev–Trinajstić information content (AvgIpc) is 2.85. The Morgan fingerprint density at radius 3 is 2.85 bits per heavy atom. The van der Waals surface area contributed by atoms with Crippen LogP contribution in [0.3, 0.4) is 0 Å². The Balaban J connectivity index is 2.30. The predicted octanol–water partition coefficient (Wildman–Crippen LogP) is 2.51. The molecule has 2 N–H and O–H groups in total. The summed E-state index contributed by atoms with van der Waals surface area (Å²) >= 11 is 1.33. The van der Waals surface area contributed by atoms with Crippen LogP contribution >= 0.6 is 11.3 Å². The highest BCUT2D eigenvalue weighted by molar-refractivity contribution is 7.15. The number of aliphatic hydroxyl groups is 1. The van der Waals surface area contributed by atoms with Crippen LogP contribution in [0, 0.1) is 15.5 Å². The van der Waals surface area contributed by atoms with Gasteiger partial charge in [0.15, 0.2) is 0 Å². The molecule has 0 saturated carbocycles. The molecule has 0 amide bonds. The van der Waals surface area contributed by atoms with Gasteiger partial charge in [-0.15, -0.1) is 0 Å². The van der Waals surface area contributed by atoms with E-state index in [2.05, 4.69) is 31.1 Å². The first-order chi connectivity index (χ1) is 9.31. The van der Waals surface area contributed by atoms with Gasteiger partial charge in [-0.05, 0) is 16.8 Å². The van der Waals surface area contributed by atoms with Crippen molar-refractivity contribution in [3.8, 4) is 0 Å². The summed E-state index contributed by atoms with van der Waals surface area (Å²) in [4.78, 5) is 15.5. The van der Waals surface area contributed by atoms with Gasteiger partial charge in [-0.3, -0.25) is 0 Å². The molecule has 0 aliphatic heterocycles. The molecule has 0 unspecified atom stereocenters. The lowest BCUT2D eigenvalue weighted by molar-refractivity contribution is -0.389. The SMILES string of the molecule is CC(C)(C)C[C@@H](CO)Nc1nc2sccn2c1[N+](=O)[O-]. The number of rotatable bonds is 5. The van der Waals surface area contributed by atoms with Crippen LogP contribution in [0.1, 0.15) is 27.2 Å². The van der Waals surface area contributed by atoms with E-state index in [1.54, 1.807) is 11.6 Å². The van der Waals surface area contributed by atoms with Crippen molar-refractivity contribution in [3.63, 3.8) is 0 Å². The summed E-state index contributed by atoms with van der Waals surface area (Å²) in [5.41, 5.74) is 0.00624. The number of fused-ring (bicyclic) bond motifs is 1. The number of imidazole rings is 1. The molecule has 2 aromatic rings. The number of nitrogens with one attached hydrogen (secondary N) is 1. The van der Waals surface area contributed by atoms with Crippen LogP contribution in [0.5, 0.6) is 0 Å².